The van der Waals surface area contributed by atoms with Crippen LogP contribution in [-0.2, 0) is 11.2 Å². The zero-order valence-electron chi connectivity index (χ0n) is 12.8. The van der Waals surface area contributed by atoms with Gasteiger partial charge in [0.25, 0.3) is 0 Å². The average Bonchev–Trinajstić information content (AvgIpc) is 2.49. The number of carbonyl (C=O) groups excluding carboxylic acids is 1. The Morgan fingerprint density at radius 1 is 1.05 bits per heavy atom. The molecule has 2 aromatic carbocycles. The van der Waals surface area contributed by atoms with E-state index in [2.05, 4.69) is 48.7 Å². The molecule has 0 bridgehead atoms. The number of hydrogen-bond donors (Lipinski definition) is 2. The van der Waals surface area contributed by atoms with Crippen LogP contribution < -0.4 is 10.6 Å². The lowest BCUT2D eigenvalue weighted by Crippen LogP contribution is -2.19. The minimum absolute atomic E-state index is 0.0312. The van der Waals surface area contributed by atoms with Crippen LogP contribution in [0.2, 0.25) is 0 Å². The smallest absolute Gasteiger partial charge is 0.224 e. The van der Waals surface area contributed by atoms with E-state index < -0.39 is 0 Å². The van der Waals surface area contributed by atoms with Crippen molar-refractivity contribution < 1.29 is 4.79 Å². The van der Waals surface area contributed by atoms with Crippen molar-refractivity contribution in [3.8, 4) is 0 Å². The number of amides is 1. The van der Waals surface area contributed by atoms with Gasteiger partial charge in [-0.15, -0.1) is 0 Å². The van der Waals surface area contributed by atoms with Crippen LogP contribution in [0, 0.1) is 6.92 Å². The quantitative estimate of drug-likeness (QED) is 0.882. The molecule has 1 unspecified atom stereocenters. The summed E-state index contributed by atoms with van der Waals surface area (Å²) in [5.74, 6) is 0.0312. The highest BCUT2D eigenvalue weighted by Gasteiger charge is 2.05. The summed E-state index contributed by atoms with van der Waals surface area (Å²) in [4.78, 5) is 11.3. The zero-order valence-corrected chi connectivity index (χ0v) is 12.8. The largest absolute Gasteiger partial charge is 0.379 e. The molecule has 0 spiro atoms. The van der Waals surface area contributed by atoms with Crippen LogP contribution in [0.25, 0.3) is 0 Å². The topological polar surface area (TPSA) is 41.1 Å². The van der Waals surface area contributed by atoms with Gasteiger partial charge in [-0.2, -0.15) is 0 Å². The summed E-state index contributed by atoms with van der Waals surface area (Å²) in [5.41, 5.74) is 4.60. The number of anilines is 1. The molecule has 0 saturated heterocycles. The monoisotopic (exact) mass is 282 g/mol. The molecule has 0 fully saturated rings. The van der Waals surface area contributed by atoms with E-state index in [9.17, 15) is 4.79 Å². The molecule has 0 aliphatic carbocycles. The van der Waals surface area contributed by atoms with Gasteiger partial charge in [0, 0.05) is 18.8 Å². The first kappa shape index (κ1) is 15.1. The van der Waals surface area contributed by atoms with Gasteiger partial charge in [-0.05, 0) is 37.1 Å². The Labute approximate surface area is 126 Å². The molecule has 1 amide bonds. The van der Waals surface area contributed by atoms with Crippen molar-refractivity contribution >= 4 is 11.6 Å². The molecule has 0 radical (unpaired) electrons. The summed E-state index contributed by atoms with van der Waals surface area (Å²) in [6.07, 6.45) is 0.421. The lowest BCUT2D eigenvalue weighted by Gasteiger charge is -2.16. The number of rotatable bonds is 5. The Hall–Kier alpha value is -2.29. The van der Waals surface area contributed by atoms with Crippen molar-refractivity contribution in [1.82, 2.24) is 5.32 Å². The minimum atomic E-state index is 0.0312. The molecule has 0 heterocycles. The van der Waals surface area contributed by atoms with Crippen LogP contribution in [0.5, 0.6) is 0 Å². The van der Waals surface area contributed by atoms with E-state index in [1.807, 2.05) is 24.3 Å². The Bertz CT molecular complexity index is 588. The molecule has 3 nitrogen and oxygen atoms in total. The predicted molar refractivity (Wildman–Crippen MR) is 87.4 cm³/mol. The van der Waals surface area contributed by atoms with E-state index in [-0.39, 0.29) is 11.9 Å². The SMILES string of the molecule is CNC(=O)Cc1ccc(NC(C)c2ccc(C)cc2)cc1. The number of hydrogen-bond acceptors (Lipinski definition) is 2. The predicted octanol–water partition coefficient (Wildman–Crippen LogP) is 3.46. The summed E-state index contributed by atoms with van der Waals surface area (Å²) in [6, 6.07) is 16.8. The molecule has 0 aliphatic rings. The van der Waals surface area contributed by atoms with E-state index >= 15 is 0 Å². The Morgan fingerprint density at radius 3 is 2.24 bits per heavy atom. The number of aryl methyl sites for hydroxylation is 1. The molecule has 1 atom stereocenters. The molecule has 2 N–H and O–H groups in total. The van der Waals surface area contributed by atoms with Gasteiger partial charge in [0.05, 0.1) is 6.42 Å². The molecule has 0 aromatic heterocycles. The van der Waals surface area contributed by atoms with Gasteiger partial charge in [-0.25, -0.2) is 0 Å². The van der Waals surface area contributed by atoms with Crippen molar-refractivity contribution in [2.24, 2.45) is 0 Å². The first-order valence-electron chi connectivity index (χ1n) is 7.21. The number of nitrogens with one attached hydrogen (secondary N) is 2. The van der Waals surface area contributed by atoms with Crippen molar-refractivity contribution in [2.75, 3.05) is 12.4 Å². The third kappa shape index (κ3) is 4.35. The Morgan fingerprint density at radius 2 is 1.67 bits per heavy atom. The minimum Gasteiger partial charge on any atom is -0.379 e. The van der Waals surface area contributed by atoms with Crippen LogP contribution in [-0.4, -0.2) is 13.0 Å². The summed E-state index contributed by atoms with van der Waals surface area (Å²) >= 11 is 0. The van der Waals surface area contributed by atoms with E-state index in [0.717, 1.165) is 11.3 Å². The number of likely N-dealkylation sites (N-methyl/N-ethyl adjacent to an activating group) is 1. The van der Waals surface area contributed by atoms with Crippen molar-refractivity contribution in [1.29, 1.82) is 0 Å². The lowest BCUT2D eigenvalue weighted by atomic mass is 10.1. The van der Waals surface area contributed by atoms with Crippen LogP contribution in [0.15, 0.2) is 48.5 Å². The maximum absolute atomic E-state index is 11.3. The van der Waals surface area contributed by atoms with Gasteiger partial charge in [0.2, 0.25) is 5.91 Å². The van der Waals surface area contributed by atoms with Crippen LogP contribution in [0.3, 0.4) is 0 Å². The van der Waals surface area contributed by atoms with E-state index in [1.54, 1.807) is 7.05 Å². The lowest BCUT2D eigenvalue weighted by molar-refractivity contribution is -0.119. The van der Waals surface area contributed by atoms with E-state index in [0.29, 0.717) is 6.42 Å². The van der Waals surface area contributed by atoms with Crippen molar-refractivity contribution in [2.45, 2.75) is 26.3 Å². The van der Waals surface area contributed by atoms with Gasteiger partial charge in [-0.3, -0.25) is 4.79 Å². The third-order valence-corrected chi connectivity index (χ3v) is 3.56. The van der Waals surface area contributed by atoms with Crippen molar-refractivity contribution in [3.05, 3.63) is 65.2 Å². The molecular formula is C18H22N2O. The summed E-state index contributed by atoms with van der Waals surface area (Å²) < 4.78 is 0. The normalized spacial score (nSPS) is 11.8. The molecule has 2 aromatic rings. The highest BCUT2D eigenvalue weighted by Crippen LogP contribution is 2.20. The molecule has 0 saturated carbocycles. The van der Waals surface area contributed by atoms with E-state index in [4.69, 9.17) is 0 Å². The fourth-order valence-electron chi connectivity index (χ4n) is 2.18. The second-order valence-corrected chi connectivity index (χ2v) is 5.32. The maximum atomic E-state index is 11.3. The fourth-order valence-corrected chi connectivity index (χ4v) is 2.18. The molecule has 2 rings (SSSR count). The van der Waals surface area contributed by atoms with E-state index in [1.165, 1.54) is 11.1 Å². The molecule has 110 valence electrons. The van der Waals surface area contributed by atoms with Gasteiger partial charge < -0.3 is 10.6 Å². The highest BCUT2D eigenvalue weighted by atomic mass is 16.1. The first-order valence-corrected chi connectivity index (χ1v) is 7.21. The van der Waals surface area contributed by atoms with Gasteiger partial charge >= 0.3 is 0 Å². The van der Waals surface area contributed by atoms with Crippen LogP contribution in [0.1, 0.15) is 29.7 Å². The first-order chi connectivity index (χ1) is 10.1. The molecule has 3 heteroatoms. The maximum Gasteiger partial charge on any atom is 0.224 e. The standard InChI is InChI=1S/C18H22N2O/c1-13-4-8-16(9-5-13)14(2)20-17-10-6-15(7-11-17)12-18(21)19-3/h4-11,14,20H,12H2,1-3H3,(H,19,21). The Balaban J connectivity index is 1.99. The second kappa shape index (κ2) is 6.93. The number of benzene rings is 2. The molecule has 0 aliphatic heterocycles. The second-order valence-electron chi connectivity index (χ2n) is 5.32. The summed E-state index contributed by atoms with van der Waals surface area (Å²) in [7, 11) is 1.65. The Kier molecular flexibility index (Phi) is 4.99. The van der Waals surface area contributed by atoms with Crippen molar-refractivity contribution in [3.63, 3.8) is 0 Å². The highest BCUT2D eigenvalue weighted by molar-refractivity contribution is 5.78. The molecular weight excluding hydrogens is 260 g/mol. The summed E-state index contributed by atoms with van der Waals surface area (Å²) in [6.45, 7) is 4.23. The fraction of sp³-hybridized carbons (Fsp3) is 0.278. The third-order valence-electron chi connectivity index (χ3n) is 3.56. The number of carbonyl (C=O) groups is 1. The van der Waals surface area contributed by atoms with Gasteiger partial charge in [0.15, 0.2) is 0 Å². The van der Waals surface area contributed by atoms with Crippen LogP contribution in [0.4, 0.5) is 5.69 Å². The average molecular weight is 282 g/mol. The van der Waals surface area contributed by atoms with Gasteiger partial charge in [0.1, 0.15) is 0 Å². The molecule has 21 heavy (non-hydrogen) atoms. The zero-order chi connectivity index (χ0) is 15.2. The summed E-state index contributed by atoms with van der Waals surface area (Å²) in [5, 5.41) is 6.10. The van der Waals surface area contributed by atoms with Crippen LogP contribution >= 0.6 is 0 Å². The van der Waals surface area contributed by atoms with Gasteiger partial charge in [-0.1, -0.05) is 42.0 Å².